The molecule has 0 saturated heterocycles. The first-order valence-corrected chi connectivity index (χ1v) is 8.25. The summed E-state index contributed by atoms with van der Waals surface area (Å²) >= 11 is 0. The number of fused-ring (bicyclic) bond motifs is 3. The zero-order valence-electron chi connectivity index (χ0n) is 14.3. The quantitative estimate of drug-likeness (QED) is 0.482. The van der Waals surface area contributed by atoms with E-state index in [9.17, 15) is 0 Å². The Bertz CT molecular complexity index is 1250. The summed E-state index contributed by atoms with van der Waals surface area (Å²) in [5.74, 6) is 1.58. The van der Waals surface area contributed by atoms with Crippen LogP contribution in [0.15, 0.2) is 53.4 Å². The van der Waals surface area contributed by atoms with E-state index in [0.717, 1.165) is 16.5 Å². The van der Waals surface area contributed by atoms with Crippen molar-refractivity contribution in [1.82, 2.24) is 34.9 Å². The Morgan fingerprint density at radius 2 is 2.07 bits per heavy atom. The van der Waals surface area contributed by atoms with Crippen molar-refractivity contribution >= 4 is 16.4 Å². The number of hydrogen-bond acceptors (Lipinski definition) is 8. The predicted octanol–water partition coefficient (Wildman–Crippen LogP) is 2.61. The van der Waals surface area contributed by atoms with Crippen LogP contribution >= 0.6 is 0 Å². The molecule has 5 aromatic heterocycles. The van der Waals surface area contributed by atoms with E-state index in [2.05, 4.69) is 30.4 Å². The summed E-state index contributed by atoms with van der Waals surface area (Å²) in [6.07, 6.45) is 5.13. The standard InChI is InChI=1S/C18H13N7O2/c1-11-8-15(24-27-11)17-22-21-16-14-9-19-7-5-13(14)18(23-25(16)17)26-10-12-4-2-3-6-20-12/h2-9H,10H2,1H3. The Kier molecular flexibility index (Phi) is 3.49. The smallest absolute Gasteiger partial charge is 0.240 e. The number of aryl methyl sites for hydroxylation is 1. The summed E-state index contributed by atoms with van der Waals surface area (Å²) in [6.45, 7) is 2.10. The van der Waals surface area contributed by atoms with Crippen molar-refractivity contribution in [3.8, 4) is 17.4 Å². The van der Waals surface area contributed by atoms with Crippen molar-refractivity contribution in [2.24, 2.45) is 0 Å². The fraction of sp³-hybridized carbons (Fsp3) is 0.111. The van der Waals surface area contributed by atoms with Crippen LogP contribution in [0, 0.1) is 6.92 Å². The van der Waals surface area contributed by atoms with Crippen molar-refractivity contribution in [3.63, 3.8) is 0 Å². The number of nitrogens with zero attached hydrogens (tertiary/aromatic N) is 7. The molecule has 27 heavy (non-hydrogen) atoms. The minimum atomic E-state index is 0.289. The molecule has 9 heteroatoms. The van der Waals surface area contributed by atoms with Gasteiger partial charge in [-0.05, 0) is 25.1 Å². The summed E-state index contributed by atoms with van der Waals surface area (Å²) < 4.78 is 12.7. The maximum Gasteiger partial charge on any atom is 0.240 e. The largest absolute Gasteiger partial charge is 0.470 e. The zero-order chi connectivity index (χ0) is 18.2. The van der Waals surface area contributed by atoms with Crippen molar-refractivity contribution in [2.45, 2.75) is 13.5 Å². The van der Waals surface area contributed by atoms with Crippen LogP contribution in [0.25, 0.3) is 27.9 Å². The molecule has 0 radical (unpaired) electrons. The van der Waals surface area contributed by atoms with Gasteiger partial charge in [-0.3, -0.25) is 9.97 Å². The van der Waals surface area contributed by atoms with Gasteiger partial charge in [-0.2, -0.15) is 4.52 Å². The summed E-state index contributed by atoms with van der Waals surface area (Å²) in [5, 5.41) is 18.7. The first-order chi connectivity index (χ1) is 13.3. The second kappa shape index (κ2) is 6.13. The molecule has 0 spiro atoms. The molecule has 0 aliphatic carbocycles. The minimum absolute atomic E-state index is 0.289. The van der Waals surface area contributed by atoms with Crippen molar-refractivity contribution in [3.05, 3.63) is 60.4 Å². The second-order valence-corrected chi connectivity index (χ2v) is 5.92. The van der Waals surface area contributed by atoms with Gasteiger partial charge in [0, 0.05) is 24.7 Å². The Labute approximate surface area is 152 Å². The van der Waals surface area contributed by atoms with Gasteiger partial charge in [0.05, 0.1) is 16.5 Å². The van der Waals surface area contributed by atoms with E-state index in [1.165, 1.54) is 0 Å². The number of hydrogen-bond donors (Lipinski definition) is 0. The molecular formula is C18H13N7O2. The van der Waals surface area contributed by atoms with Gasteiger partial charge in [0.1, 0.15) is 12.4 Å². The van der Waals surface area contributed by atoms with Gasteiger partial charge in [-0.1, -0.05) is 11.2 Å². The monoisotopic (exact) mass is 359 g/mol. The van der Waals surface area contributed by atoms with Crippen LogP contribution in [0.4, 0.5) is 0 Å². The molecule has 5 rings (SSSR count). The zero-order valence-corrected chi connectivity index (χ0v) is 14.3. The fourth-order valence-electron chi connectivity index (χ4n) is 2.81. The molecule has 5 heterocycles. The molecule has 0 fully saturated rings. The van der Waals surface area contributed by atoms with Gasteiger partial charge in [0.25, 0.3) is 0 Å². The van der Waals surface area contributed by atoms with E-state index in [-0.39, 0.29) is 6.61 Å². The van der Waals surface area contributed by atoms with Crippen LogP contribution in [-0.2, 0) is 6.61 Å². The van der Waals surface area contributed by atoms with E-state index >= 15 is 0 Å². The van der Waals surface area contributed by atoms with Gasteiger partial charge < -0.3 is 9.26 Å². The molecule has 0 aliphatic heterocycles. The highest BCUT2D eigenvalue weighted by molar-refractivity contribution is 5.96. The lowest BCUT2D eigenvalue weighted by molar-refractivity contribution is 0.289. The fourth-order valence-corrected chi connectivity index (χ4v) is 2.81. The third kappa shape index (κ3) is 2.65. The number of rotatable bonds is 4. The first kappa shape index (κ1) is 15.4. The Morgan fingerprint density at radius 3 is 2.89 bits per heavy atom. The Morgan fingerprint density at radius 1 is 1.11 bits per heavy atom. The summed E-state index contributed by atoms with van der Waals surface area (Å²) in [5.41, 5.74) is 1.92. The van der Waals surface area contributed by atoms with Crippen molar-refractivity contribution < 1.29 is 9.26 Å². The molecule has 5 aromatic rings. The van der Waals surface area contributed by atoms with E-state index in [4.69, 9.17) is 9.26 Å². The van der Waals surface area contributed by atoms with E-state index in [0.29, 0.717) is 28.8 Å². The normalized spacial score (nSPS) is 11.3. The number of ether oxygens (including phenoxy) is 1. The molecular weight excluding hydrogens is 346 g/mol. The van der Waals surface area contributed by atoms with Gasteiger partial charge >= 0.3 is 0 Å². The topological polar surface area (TPSA) is 104 Å². The van der Waals surface area contributed by atoms with Crippen molar-refractivity contribution in [1.29, 1.82) is 0 Å². The van der Waals surface area contributed by atoms with Gasteiger partial charge in [0.15, 0.2) is 11.3 Å². The molecule has 0 saturated carbocycles. The molecule has 0 bridgehead atoms. The predicted molar refractivity (Wildman–Crippen MR) is 94.9 cm³/mol. The lowest BCUT2D eigenvalue weighted by atomic mass is 10.2. The van der Waals surface area contributed by atoms with E-state index in [1.807, 2.05) is 31.2 Å². The molecule has 0 atom stereocenters. The molecule has 0 aromatic carbocycles. The molecule has 0 N–H and O–H groups in total. The Hall–Kier alpha value is -3.88. The summed E-state index contributed by atoms with van der Waals surface area (Å²) in [4.78, 5) is 8.47. The van der Waals surface area contributed by atoms with E-state index in [1.54, 1.807) is 29.2 Å². The SMILES string of the molecule is Cc1cc(-c2nnc3c4cnccc4c(OCc4ccccn4)nn23)no1. The van der Waals surface area contributed by atoms with Crippen molar-refractivity contribution in [2.75, 3.05) is 0 Å². The van der Waals surface area contributed by atoms with Gasteiger partial charge in [-0.15, -0.1) is 15.3 Å². The average molecular weight is 359 g/mol. The molecule has 0 aliphatic rings. The maximum absolute atomic E-state index is 5.96. The average Bonchev–Trinajstić information content (AvgIpc) is 3.33. The third-order valence-electron chi connectivity index (χ3n) is 4.06. The first-order valence-electron chi connectivity index (χ1n) is 8.25. The molecule has 9 nitrogen and oxygen atoms in total. The number of aromatic nitrogens is 7. The maximum atomic E-state index is 5.96. The summed E-state index contributed by atoms with van der Waals surface area (Å²) in [6, 6.07) is 9.28. The summed E-state index contributed by atoms with van der Waals surface area (Å²) in [7, 11) is 0. The second-order valence-electron chi connectivity index (χ2n) is 5.92. The van der Waals surface area contributed by atoms with Crippen LogP contribution in [0.1, 0.15) is 11.5 Å². The molecule has 0 amide bonds. The minimum Gasteiger partial charge on any atom is -0.470 e. The van der Waals surface area contributed by atoms with Gasteiger partial charge in [0.2, 0.25) is 11.7 Å². The van der Waals surface area contributed by atoms with Gasteiger partial charge in [-0.25, -0.2) is 0 Å². The highest BCUT2D eigenvalue weighted by atomic mass is 16.5. The lowest BCUT2D eigenvalue weighted by Crippen LogP contribution is -2.04. The van der Waals surface area contributed by atoms with Crippen LogP contribution in [-0.4, -0.2) is 34.9 Å². The Balaban J connectivity index is 1.66. The van der Waals surface area contributed by atoms with Crippen LogP contribution in [0.2, 0.25) is 0 Å². The highest BCUT2D eigenvalue weighted by Gasteiger charge is 2.18. The lowest BCUT2D eigenvalue weighted by Gasteiger charge is -2.09. The van der Waals surface area contributed by atoms with Crippen LogP contribution < -0.4 is 4.74 Å². The third-order valence-corrected chi connectivity index (χ3v) is 4.06. The number of pyridine rings is 2. The van der Waals surface area contributed by atoms with E-state index < -0.39 is 0 Å². The van der Waals surface area contributed by atoms with Crippen LogP contribution in [0.5, 0.6) is 5.88 Å². The molecule has 0 unspecified atom stereocenters. The molecule has 132 valence electrons. The highest BCUT2D eigenvalue weighted by Crippen LogP contribution is 2.28. The van der Waals surface area contributed by atoms with Crippen LogP contribution in [0.3, 0.4) is 0 Å².